The van der Waals surface area contributed by atoms with Crippen LogP contribution in [-0.2, 0) is 6.54 Å². The van der Waals surface area contributed by atoms with Crippen LogP contribution in [0.1, 0.15) is 44.2 Å². The molecule has 2 fully saturated rings. The first-order chi connectivity index (χ1) is 9.43. The summed E-state index contributed by atoms with van der Waals surface area (Å²) in [6.45, 7) is 2.13. The molecule has 3 atom stereocenters. The Labute approximate surface area is 116 Å². The third kappa shape index (κ3) is 3.34. The summed E-state index contributed by atoms with van der Waals surface area (Å²) in [6, 6.07) is 7.58. The van der Waals surface area contributed by atoms with Crippen LogP contribution in [0.4, 0.5) is 0 Å². The molecule has 1 saturated carbocycles. The topological polar surface area (TPSA) is 37.0 Å². The van der Waals surface area contributed by atoms with Crippen molar-refractivity contribution in [2.45, 2.75) is 57.2 Å². The van der Waals surface area contributed by atoms with Gasteiger partial charge >= 0.3 is 0 Å². The summed E-state index contributed by atoms with van der Waals surface area (Å²) in [5.41, 5.74) is 1.16. The molecule has 1 saturated heterocycles. The predicted octanol–water partition coefficient (Wildman–Crippen LogP) is 2.48. The lowest BCUT2D eigenvalue weighted by Crippen LogP contribution is -2.46. The van der Waals surface area contributed by atoms with Gasteiger partial charge < -0.3 is 10.6 Å². The molecule has 1 aliphatic carbocycles. The van der Waals surface area contributed by atoms with Gasteiger partial charge in [0.2, 0.25) is 0 Å². The molecule has 0 amide bonds. The molecular weight excluding hydrogens is 234 g/mol. The van der Waals surface area contributed by atoms with Crippen molar-refractivity contribution in [1.82, 2.24) is 15.6 Å². The van der Waals surface area contributed by atoms with E-state index in [2.05, 4.69) is 27.8 Å². The Kier molecular flexibility index (Phi) is 4.46. The molecule has 2 aliphatic rings. The summed E-state index contributed by atoms with van der Waals surface area (Å²) in [4.78, 5) is 4.40. The van der Waals surface area contributed by atoms with Crippen LogP contribution in [0.5, 0.6) is 0 Å². The summed E-state index contributed by atoms with van der Waals surface area (Å²) in [7, 11) is 0. The van der Waals surface area contributed by atoms with Gasteiger partial charge in [-0.25, -0.2) is 0 Å². The van der Waals surface area contributed by atoms with Gasteiger partial charge in [0.1, 0.15) is 0 Å². The molecule has 2 heterocycles. The molecule has 19 heavy (non-hydrogen) atoms. The maximum absolute atomic E-state index is 4.40. The number of pyridine rings is 1. The van der Waals surface area contributed by atoms with Gasteiger partial charge in [-0.05, 0) is 50.3 Å². The van der Waals surface area contributed by atoms with E-state index in [1.807, 2.05) is 12.3 Å². The Morgan fingerprint density at radius 2 is 2.16 bits per heavy atom. The lowest BCUT2D eigenvalue weighted by molar-refractivity contribution is 0.256. The van der Waals surface area contributed by atoms with Gasteiger partial charge in [0.25, 0.3) is 0 Å². The average Bonchev–Trinajstić information content (AvgIpc) is 2.95. The highest BCUT2D eigenvalue weighted by Gasteiger charge is 2.33. The van der Waals surface area contributed by atoms with E-state index in [0.29, 0.717) is 6.04 Å². The molecule has 0 spiro atoms. The van der Waals surface area contributed by atoms with E-state index >= 15 is 0 Å². The van der Waals surface area contributed by atoms with Crippen molar-refractivity contribution < 1.29 is 0 Å². The predicted molar refractivity (Wildman–Crippen MR) is 77.8 cm³/mol. The summed E-state index contributed by atoms with van der Waals surface area (Å²) in [5.74, 6) is 0.823. The number of nitrogens with one attached hydrogen (secondary N) is 2. The second-order valence-corrected chi connectivity index (χ2v) is 5.96. The summed E-state index contributed by atoms with van der Waals surface area (Å²) in [6.07, 6.45) is 10.1. The zero-order chi connectivity index (χ0) is 12.9. The molecule has 1 aromatic rings. The molecule has 0 radical (unpaired) electrons. The van der Waals surface area contributed by atoms with Crippen molar-refractivity contribution in [3.63, 3.8) is 0 Å². The Morgan fingerprint density at radius 1 is 1.16 bits per heavy atom. The van der Waals surface area contributed by atoms with Gasteiger partial charge in [-0.1, -0.05) is 18.9 Å². The number of piperidine rings is 1. The van der Waals surface area contributed by atoms with Crippen molar-refractivity contribution in [2.24, 2.45) is 5.92 Å². The second kappa shape index (κ2) is 6.49. The van der Waals surface area contributed by atoms with Crippen LogP contribution in [0.2, 0.25) is 0 Å². The van der Waals surface area contributed by atoms with E-state index in [-0.39, 0.29) is 0 Å². The van der Waals surface area contributed by atoms with E-state index in [0.717, 1.165) is 24.2 Å². The minimum absolute atomic E-state index is 0.678. The highest BCUT2D eigenvalue weighted by Crippen LogP contribution is 2.31. The van der Waals surface area contributed by atoms with Crippen molar-refractivity contribution in [3.05, 3.63) is 30.1 Å². The van der Waals surface area contributed by atoms with E-state index in [1.54, 1.807) is 0 Å². The number of hydrogen-bond donors (Lipinski definition) is 2. The van der Waals surface area contributed by atoms with E-state index in [1.165, 1.54) is 45.1 Å². The first-order valence-corrected chi connectivity index (χ1v) is 7.80. The van der Waals surface area contributed by atoms with Gasteiger partial charge in [-0.2, -0.15) is 0 Å². The molecule has 3 unspecified atom stereocenters. The maximum Gasteiger partial charge on any atom is 0.0541 e. The monoisotopic (exact) mass is 259 g/mol. The normalized spacial score (nSPS) is 31.5. The fourth-order valence-electron chi connectivity index (χ4n) is 3.71. The zero-order valence-electron chi connectivity index (χ0n) is 11.6. The summed E-state index contributed by atoms with van der Waals surface area (Å²) in [5, 5.41) is 7.48. The Hall–Kier alpha value is -0.930. The molecule has 2 N–H and O–H groups in total. The third-order valence-electron chi connectivity index (χ3n) is 4.71. The van der Waals surface area contributed by atoms with Crippen LogP contribution in [-0.4, -0.2) is 23.6 Å². The van der Waals surface area contributed by atoms with Gasteiger partial charge in [-0.3, -0.25) is 4.98 Å². The number of hydrogen-bond acceptors (Lipinski definition) is 3. The van der Waals surface area contributed by atoms with Gasteiger partial charge in [0.15, 0.2) is 0 Å². The molecule has 3 nitrogen and oxygen atoms in total. The molecule has 1 aliphatic heterocycles. The van der Waals surface area contributed by atoms with E-state index < -0.39 is 0 Å². The van der Waals surface area contributed by atoms with Crippen molar-refractivity contribution in [3.8, 4) is 0 Å². The lowest BCUT2D eigenvalue weighted by atomic mass is 9.88. The van der Waals surface area contributed by atoms with Gasteiger partial charge in [0.05, 0.1) is 5.69 Å². The van der Waals surface area contributed by atoms with Crippen molar-refractivity contribution in [2.75, 3.05) is 6.54 Å². The highest BCUT2D eigenvalue weighted by atomic mass is 15.0. The number of nitrogens with zero attached hydrogens (tertiary/aromatic N) is 1. The van der Waals surface area contributed by atoms with Gasteiger partial charge in [0, 0.05) is 24.8 Å². The zero-order valence-corrected chi connectivity index (χ0v) is 11.6. The summed E-state index contributed by atoms with van der Waals surface area (Å²) >= 11 is 0. The van der Waals surface area contributed by atoms with Crippen LogP contribution in [0.25, 0.3) is 0 Å². The first kappa shape index (κ1) is 13.1. The van der Waals surface area contributed by atoms with Crippen LogP contribution in [0.15, 0.2) is 24.4 Å². The molecule has 104 valence electrons. The molecule has 3 heteroatoms. The molecule has 3 rings (SSSR count). The molecule has 0 aromatic carbocycles. The van der Waals surface area contributed by atoms with Crippen LogP contribution in [0, 0.1) is 5.92 Å². The Bertz CT molecular complexity index is 373. The number of rotatable bonds is 4. The minimum Gasteiger partial charge on any atom is -0.314 e. The number of aromatic nitrogens is 1. The van der Waals surface area contributed by atoms with Crippen LogP contribution < -0.4 is 10.6 Å². The third-order valence-corrected chi connectivity index (χ3v) is 4.71. The fourth-order valence-corrected chi connectivity index (χ4v) is 3.71. The smallest absolute Gasteiger partial charge is 0.0541 e. The van der Waals surface area contributed by atoms with Crippen molar-refractivity contribution in [1.29, 1.82) is 0 Å². The molecule has 0 bridgehead atoms. The standard InChI is InChI=1S/C16H25N3/c1-3-10-17-13(6-1)12-19-16-9-5-7-14(16)15-8-2-4-11-18-15/h1,3,6,10,14-16,18-19H,2,4-5,7-9,11-12H2. The Balaban J connectivity index is 1.54. The summed E-state index contributed by atoms with van der Waals surface area (Å²) < 4.78 is 0. The van der Waals surface area contributed by atoms with E-state index in [9.17, 15) is 0 Å². The maximum atomic E-state index is 4.40. The van der Waals surface area contributed by atoms with Gasteiger partial charge in [-0.15, -0.1) is 0 Å². The first-order valence-electron chi connectivity index (χ1n) is 7.80. The second-order valence-electron chi connectivity index (χ2n) is 5.96. The van der Waals surface area contributed by atoms with Crippen LogP contribution >= 0.6 is 0 Å². The Morgan fingerprint density at radius 3 is 2.95 bits per heavy atom. The minimum atomic E-state index is 0.678. The van der Waals surface area contributed by atoms with Crippen LogP contribution in [0.3, 0.4) is 0 Å². The van der Waals surface area contributed by atoms with E-state index in [4.69, 9.17) is 0 Å². The lowest BCUT2D eigenvalue weighted by Gasteiger charge is -2.33. The SMILES string of the molecule is c1ccc(CNC2CCCC2C2CCCCN2)nc1. The fraction of sp³-hybridized carbons (Fsp3) is 0.688. The van der Waals surface area contributed by atoms with Crippen molar-refractivity contribution >= 4 is 0 Å². The average molecular weight is 259 g/mol. The largest absolute Gasteiger partial charge is 0.314 e. The highest BCUT2D eigenvalue weighted by molar-refractivity contribution is 5.04. The molecular formula is C16H25N3. The quantitative estimate of drug-likeness (QED) is 0.872. The molecule has 1 aromatic heterocycles.